The Morgan fingerprint density at radius 2 is 1.00 bits per heavy atom. The molecule has 0 amide bonds. The fourth-order valence-electron chi connectivity index (χ4n) is 2.54. The quantitative estimate of drug-likeness (QED) is 0.368. The van der Waals surface area contributed by atoms with E-state index in [-0.39, 0.29) is 0 Å². The highest BCUT2D eigenvalue weighted by atomic mass is 15.0. The Morgan fingerprint density at radius 1 is 0.538 bits per heavy atom. The largest absolute Gasteiger partial charge is 0.370 e. The third kappa shape index (κ3) is 9.96. The van der Waals surface area contributed by atoms with E-state index >= 15 is 0 Å². The summed E-state index contributed by atoms with van der Waals surface area (Å²) in [6.07, 6.45) is 8.27. The Labute approximate surface area is 157 Å². The highest BCUT2D eigenvalue weighted by Crippen LogP contribution is 1.99. The van der Waals surface area contributed by atoms with Crippen molar-refractivity contribution in [3.63, 3.8) is 0 Å². The molecule has 0 aliphatic carbocycles. The second kappa shape index (κ2) is 14.0. The first-order chi connectivity index (χ1) is 12.9. The Bertz CT molecular complexity index is 497. The molecule has 2 heterocycles. The molecular formula is C20H32N6. The van der Waals surface area contributed by atoms with Crippen LogP contribution in [0.3, 0.4) is 0 Å². The molecule has 0 atom stereocenters. The fraction of sp³-hybridized carbons (Fsp3) is 0.500. The lowest BCUT2D eigenvalue weighted by Crippen LogP contribution is -2.22. The first-order valence-corrected chi connectivity index (χ1v) is 9.66. The zero-order chi connectivity index (χ0) is 18.1. The van der Waals surface area contributed by atoms with Gasteiger partial charge in [-0.3, -0.25) is 0 Å². The van der Waals surface area contributed by atoms with E-state index in [4.69, 9.17) is 0 Å². The molecule has 0 saturated carbocycles. The van der Waals surface area contributed by atoms with E-state index in [1.54, 1.807) is 0 Å². The summed E-state index contributed by atoms with van der Waals surface area (Å²) >= 11 is 0. The van der Waals surface area contributed by atoms with Crippen LogP contribution >= 0.6 is 0 Å². The van der Waals surface area contributed by atoms with Crippen LogP contribution in [0.25, 0.3) is 0 Å². The minimum Gasteiger partial charge on any atom is -0.370 e. The number of anilines is 2. The molecule has 142 valence electrons. The van der Waals surface area contributed by atoms with Gasteiger partial charge in [0.25, 0.3) is 0 Å². The molecule has 0 radical (unpaired) electrons. The number of hydrogen-bond acceptors (Lipinski definition) is 6. The first-order valence-electron chi connectivity index (χ1n) is 9.66. The Balaban J connectivity index is 1.28. The third-order valence-corrected chi connectivity index (χ3v) is 3.96. The van der Waals surface area contributed by atoms with Crippen molar-refractivity contribution < 1.29 is 0 Å². The number of pyridine rings is 2. The number of hydrogen-bond donors (Lipinski definition) is 4. The Morgan fingerprint density at radius 3 is 1.42 bits per heavy atom. The monoisotopic (exact) mass is 356 g/mol. The van der Waals surface area contributed by atoms with E-state index in [1.165, 1.54) is 12.8 Å². The lowest BCUT2D eigenvalue weighted by atomic mass is 10.3. The predicted octanol–water partition coefficient (Wildman–Crippen LogP) is 2.74. The van der Waals surface area contributed by atoms with Crippen LogP contribution in [0.2, 0.25) is 0 Å². The molecule has 26 heavy (non-hydrogen) atoms. The molecule has 0 saturated heterocycles. The van der Waals surface area contributed by atoms with Crippen molar-refractivity contribution >= 4 is 11.6 Å². The van der Waals surface area contributed by atoms with Crippen LogP contribution < -0.4 is 21.3 Å². The van der Waals surface area contributed by atoms with E-state index in [1.807, 2.05) is 48.8 Å². The maximum atomic E-state index is 4.24. The molecule has 6 nitrogen and oxygen atoms in total. The first kappa shape index (κ1) is 20.1. The summed E-state index contributed by atoms with van der Waals surface area (Å²) in [6, 6.07) is 11.8. The fourth-order valence-corrected chi connectivity index (χ4v) is 2.54. The lowest BCUT2D eigenvalue weighted by Gasteiger charge is -2.08. The minimum absolute atomic E-state index is 0.953. The van der Waals surface area contributed by atoms with Crippen LogP contribution in [0.1, 0.15) is 25.7 Å². The average molecular weight is 357 g/mol. The van der Waals surface area contributed by atoms with Crippen LogP contribution in [0.4, 0.5) is 11.6 Å². The molecule has 2 aromatic heterocycles. The summed E-state index contributed by atoms with van der Waals surface area (Å²) in [5.74, 6) is 1.91. The van der Waals surface area contributed by atoms with E-state index in [0.29, 0.717) is 0 Å². The van der Waals surface area contributed by atoms with Crippen LogP contribution in [0, 0.1) is 0 Å². The highest BCUT2D eigenvalue weighted by molar-refractivity contribution is 5.33. The lowest BCUT2D eigenvalue weighted by molar-refractivity contribution is 0.573. The molecule has 0 unspecified atom stereocenters. The van der Waals surface area contributed by atoms with Gasteiger partial charge in [0.05, 0.1) is 0 Å². The van der Waals surface area contributed by atoms with Gasteiger partial charge in [-0.1, -0.05) is 12.1 Å². The Hall–Kier alpha value is -2.18. The summed E-state index contributed by atoms with van der Waals surface area (Å²) < 4.78 is 0. The molecule has 0 aliphatic rings. The number of aromatic nitrogens is 2. The summed E-state index contributed by atoms with van der Waals surface area (Å²) in [4.78, 5) is 8.49. The average Bonchev–Trinajstić information content (AvgIpc) is 2.70. The van der Waals surface area contributed by atoms with Crippen LogP contribution in [-0.4, -0.2) is 49.2 Å². The van der Waals surface area contributed by atoms with Gasteiger partial charge in [-0.15, -0.1) is 0 Å². The normalized spacial score (nSPS) is 10.6. The van der Waals surface area contributed by atoms with E-state index in [2.05, 4.69) is 31.2 Å². The molecule has 6 heteroatoms. The second-order valence-electron chi connectivity index (χ2n) is 6.20. The van der Waals surface area contributed by atoms with Crippen LogP contribution in [0.15, 0.2) is 48.8 Å². The molecular weight excluding hydrogens is 324 g/mol. The number of nitrogens with one attached hydrogen (secondary N) is 4. The zero-order valence-electron chi connectivity index (χ0n) is 15.6. The van der Waals surface area contributed by atoms with Crippen molar-refractivity contribution in [1.29, 1.82) is 0 Å². The van der Waals surface area contributed by atoms with Crippen molar-refractivity contribution in [2.75, 3.05) is 49.9 Å². The van der Waals surface area contributed by atoms with Crippen molar-refractivity contribution in [2.45, 2.75) is 25.7 Å². The summed E-state index contributed by atoms with van der Waals surface area (Å²) in [6.45, 7) is 6.19. The topological polar surface area (TPSA) is 73.9 Å². The predicted molar refractivity (Wildman–Crippen MR) is 110 cm³/mol. The molecule has 4 N–H and O–H groups in total. The van der Waals surface area contributed by atoms with E-state index in [9.17, 15) is 0 Å². The highest BCUT2D eigenvalue weighted by Gasteiger charge is 1.94. The van der Waals surface area contributed by atoms with Crippen LogP contribution in [-0.2, 0) is 0 Å². The Kier molecular flexibility index (Phi) is 10.9. The summed E-state index contributed by atoms with van der Waals surface area (Å²) in [5.41, 5.74) is 0. The summed E-state index contributed by atoms with van der Waals surface area (Å²) in [5, 5.41) is 13.6. The van der Waals surface area contributed by atoms with Gasteiger partial charge in [-0.2, -0.15) is 0 Å². The van der Waals surface area contributed by atoms with E-state index in [0.717, 1.165) is 63.7 Å². The smallest absolute Gasteiger partial charge is 0.125 e. The number of unbranched alkanes of at least 4 members (excludes halogenated alkanes) is 1. The molecule has 0 aliphatic heterocycles. The SMILES string of the molecule is c1ccc(NCCCNCCCCNCCCNc2ccccn2)nc1. The summed E-state index contributed by atoms with van der Waals surface area (Å²) in [7, 11) is 0. The van der Waals surface area contributed by atoms with Crippen molar-refractivity contribution in [1.82, 2.24) is 20.6 Å². The number of nitrogens with zero attached hydrogens (tertiary/aromatic N) is 2. The van der Waals surface area contributed by atoms with Crippen molar-refractivity contribution in [2.24, 2.45) is 0 Å². The molecule has 0 aromatic carbocycles. The van der Waals surface area contributed by atoms with Gasteiger partial charge >= 0.3 is 0 Å². The number of rotatable bonds is 15. The molecule has 0 spiro atoms. The van der Waals surface area contributed by atoms with Gasteiger partial charge in [-0.05, 0) is 76.1 Å². The third-order valence-electron chi connectivity index (χ3n) is 3.96. The van der Waals surface area contributed by atoms with Crippen molar-refractivity contribution in [3.8, 4) is 0 Å². The van der Waals surface area contributed by atoms with Crippen molar-refractivity contribution in [3.05, 3.63) is 48.8 Å². The molecule has 0 fully saturated rings. The van der Waals surface area contributed by atoms with Gasteiger partial charge in [0.1, 0.15) is 11.6 Å². The van der Waals surface area contributed by atoms with Gasteiger partial charge in [-0.25, -0.2) is 9.97 Å². The molecule has 2 rings (SSSR count). The maximum Gasteiger partial charge on any atom is 0.125 e. The zero-order valence-corrected chi connectivity index (χ0v) is 15.6. The minimum atomic E-state index is 0.953. The standard InChI is InChI=1S/C20H32N6/c1-3-15-23-19(9-1)25-17-7-13-21-11-5-6-12-22-14-8-18-26-20-10-2-4-16-24-20/h1-4,9-10,15-16,21-22H,5-8,11-14,17-18H2,(H,23,25)(H,24,26). The van der Waals surface area contributed by atoms with Gasteiger partial charge in [0.15, 0.2) is 0 Å². The van der Waals surface area contributed by atoms with Gasteiger partial charge < -0.3 is 21.3 Å². The molecule has 2 aromatic rings. The van der Waals surface area contributed by atoms with E-state index < -0.39 is 0 Å². The van der Waals surface area contributed by atoms with Gasteiger partial charge in [0, 0.05) is 25.5 Å². The second-order valence-corrected chi connectivity index (χ2v) is 6.20. The van der Waals surface area contributed by atoms with Gasteiger partial charge in [0.2, 0.25) is 0 Å². The van der Waals surface area contributed by atoms with Crippen LogP contribution in [0.5, 0.6) is 0 Å². The molecule has 0 bridgehead atoms. The maximum absolute atomic E-state index is 4.24.